The highest BCUT2D eigenvalue weighted by atomic mass is 15.3. The third kappa shape index (κ3) is 3.70. The lowest BCUT2D eigenvalue weighted by Gasteiger charge is -2.23. The van der Waals surface area contributed by atoms with Gasteiger partial charge in [0.25, 0.3) is 0 Å². The highest BCUT2D eigenvalue weighted by molar-refractivity contribution is 5.10. The summed E-state index contributed by atoms with van der Waals surface area (Å²) in [6, 6.07) is 4.97. The van der Waals surface area contributed by atoms with E-state index in [4.69, 9.17) is 0 Å². The van der Waals surface area contributed by atoms with Gasteiger partial charge in [0.15, 0.2) is 0 Å². The van der Waals surface area contributed by atoms with Gasteiger partial charge in [-0.25, -0.2) is 0 Å². The van der Waals surface area contributed by atoms with Crippen LogP contribution in [0.1, 0.15) is 37.3 Å². The number of aryl methyl sites for hydroxylation is 2. The summed E-state index contributed by atoms with van der Waals surface area (Å²) in [5.74, 6) is 0. The lowest BCUT2D eigenvalue weighted by molar-refractivity contribution is 0.234. The Balaban J connectivity index is 1.55. The molecule has 21 heavy (non-hydrogen) atoms. The van der Waals surface area contributed by atoms with E-state index < -0.39 is 0 Å². The molecule has 0 bridgehead atoms. The third-order valence-electron chi connectivity index (χ3n) is 4.41. The monoisotopic (exact) mass is 284 g/mol. The smallest absolute Gasteiger partial charge is 0.0534 e. The van der Waals surface area contributed by atoms with Crippen LogP contribution in [0.2, 0.25) is 0 Å². The van der Waals surface area contributed by atoms with Crippen molar-refractivity contribution in [3.8, 4) is 0 Å². The Kier molecular flexibility index (Phi) is 4.65. The van der Waals surface area contributed by atoms with Gasteiger partial charge in [-0.1, -0.05) is 0 Å². The molecule has 0 aromatic carbocycles. The average Bonchev–Trinajstić information content (AvgIpc) is 3.16. The molecule has 3 heterocycles. The van der Waals surface area contributed by atoms with Crippen LogP contribution < -0.4 is 0 Å². The summed E-state index contributed by atoms with van der Waals surface area (Å²) >= 11 is 0. The van der Waals surface area contributed by atoms with Crippen LogP contribution in [0.15, 0.2) is 36.9 Å². The maximum atomic E-state index is 4.38. The van der Waals surface area contributed by atoms with Gasteiger partial charge in [0, 0.05) is 43.3 Å². The van der Waals surface area contributed by atoms with E-state index in [9.17, 15) is 0 Å². The van der Waals surface area contributed by atoms with Gasteiger partial charge in [-0.15, -0.1) is 0 Å². The predicted molar refractivity (Wildman–Crippen MR) is 83.9 cm³/mol. The van der Waals surface area contributed by atoms with Crippen LogP contribution in [0, 0.1) is 0 Å². The predicted octanol–water partition coefficient (Wildman–Crippen LogP) is 2.90. The zero-order valence-electron chi connectivity index (χ0n) is 12.8. The maximum Gasteiger partial charge on any atom is 0.0534 e. The van der Waals surface area contributed by atoms with Crippen molar-refractivity contribution in [2.24, 2.45) is 0 Å². The molecule has 0 spiro atoms. The van der Waals surface area contributed by atoms with Crippen molar-refractivity contribution in [2.75, 3.05) is 6.54 Å². The lowest BCUT2D eigenvalue weighted by Crippen LogP contribution is -2.29. The molecule has 2 aromatic heterocycles. The van der Waals surface area contributed by atoms with Crippen molar-refractivity contribution < 1.29 is 0 Å². The second-order valence-corrected chi connectivity index (χ2v) is 5.86. The van der Waals surface area contributed by atoms with Crippen LogP contribution >= 0.6 is 0 Å². The van der Waals surface area contributed by atoms with Crippen molar-refractivity contribution >= 4 is 0 Å². The van der Waals surface area contributed by atoms with Gasteiger partial charge in [-0.3, -0.25) is 14.6 Å². The van der Waals surface area contributed by atoms with Crippen molar-refractivity contribution in [1.29, 1.82) is 0 Å². The van der Waals surface area contributed by atoms with E-state index in [2.05, 4.69) is 40.2 Å². The Hall–Kier alpha value is -1.68. The quantitative estimate of drug-likeness (QED) is 0.818. The topological polar surface area (TPSA) is 34.0 Å². The number of pyridine rings is 1. The van der Waals surface area contributed by atoms with Crippen molar-refractivity contribution in [3.63, 3.8) is 0 Å². The summed E-state index contributed by atoms with van der Waals surface area (Å²) in [4.78, 5) is 6.71. The van der Waals surface area contributed by atoms with Gasteiger partial charge in [-0.2, -0.15) is 5.10 Å². The minimum atomic E-state index is 0.711. The number of hydrogen-bond acceptors (Lipinski definition) is 3. The molecule has 4 heteroatoms. The average molecular weight is 284 g/mol. The Bertz CT molecular complexity index is 549. The molecule has 0 radical (unpaired) electrons. The Morgan fingerprint density at radius 1 is 1.24 bits per heavy atom. The van der Waals surface area contributed by atoms with Gasteiger partial charge in [0.05, 0.1) is 6.20 Å². The van der Waals surface area contributed by atoms with E-state index in [1.54, 1.807) is 0 Å². The number of hydrogen-bond donors (Lipinski definition) is 0. The van der Waals surface area contributed by atoms with Crippen LogP contribution in [0.5, 0.6) is 0 Å². The standard InChI is InChI=1S/C17H24N4/c1-2-21-14-16(12-19-21)13-20-11-3-4-17(20)6-5-15-7-9-18-10-8-15/h7-10,12,14,17H,2-6,11,13H2,1H3. The fourth-order valence-electron chi connectivity index (χ4n) is 3.21. The van der Waals surface area contributed by atoms with Crippen LogP contribution in [0.25, 0.3) is 0 Å². The van der Waals surface area contributed by atoms with E-state index in [1.807, 2.05) is 23.3 Å². The summed E-state index contributed by atoms with van der Waals surface area (Å²) in [5.41, 5.74) is 2.74. The molecule has 1 saturated heterocycles. The van der Waals surface area contributed by atoms with Gasteiger partial charge >= 0.3 is 0 Å². The van der Waals surface area contributed by atoms with Gasteiger partial charge in [-0.05, 0) is 56.8 Å². The molecule has 0 aliphatic carbocycles. The second-order valence-electron chi connectivity index (χ2n) is 5.86. The number of likely N-dealkylation sites (tertiary alicyclic amines) is 1. The summed E-state index contributed by atoms with van der Waals surface area (Å²) < 4.78 is 2.01. The van der Waals surface area contributed by atoms with Crippen LogP contribution in [-0.2, 0) is 19.5 Å². The normalized spacial score (nSPS) is 19.2. The number of nitrogens with zero attached hydrogens (tertiary/aromatic N) is 4. The first kappa shape index (κ1) is 14.3. The lowest BCUT2D eigenvalue weighted by atomic mass is 10.0. The zero-order valence-corrected chi connectivity index (χ0v) is 12.8. The van der Waals surface area contributed by atoms with Crippen molar-refractivity contribution in [1.82, 2.24) is 19.7 Å². The van der Waals surface area contributed by atoms with Gasteiger partial charge in [0.2, 0.25) is 0 Å². The van der Waals surface area contributed by atoms with Gasteiger partial charge in [0.1, 0.15) is 0 Å². The molecule has 1 atom stereocenters. The molecule has 3 rings (SSSR count). The molecule has 1 unspecified atom stereocenters. The molecule has 0 N–H and O–H groups in total. The Labute approximate surface area is 126 Å². The van der Waals surface area contributed by atoms with Crippen LogP contribution in [0.3, 0.4) is 0 Å². The molecule has 1 aliphatic rings. The molecule has 0 amide bonds. The maximum absolute atomic E-state index is 4.38. The summed E-state index contributed by atoms with van der Waals surface area (Å²) in [6.07, 6.45) is 13.0. The molecule has 112 valence electrons. The third-order valence-corrected chi connectivity index (χ3v) is 4.41. The van der Waals surface area contributed by atoms with E-state index in [-0.39, 0.29) is 0 Å². The van der Waals surface area contributed by atoms with E-state index in [0.717, 1.165) is 19.5 Å². The SMILES string of the molecule is CCn1cc(CN2CCCC2CCc2ccncc2)cn1. The Morgan fingerprint density at radius 3 is 2.86 bits per heavy atom. The molecular weight excluding hydrogens is 260 g/mol. The van der Waals surface area contributed by atoms with Crippen LogP contribution in [-0.4, -0.2) is 32.3 Å². The van der Waals surface area contributed by atoms with E-state index >= 15 is 0 Å². The number of rotatable bonds is 6. The molecule has 1 fully saturated rings. The summed E-state index contributed by atoms with van der Waals surface area (Å²) in [7, 11) is 0. The van der Waals surface area contributed by atoms with E-state index in [1.165, 1.54) is 36.9 Å². The summed E-state index contributed by atoms with van der Waals surface area (Å²) in [6.45, 7) is 5.34. The first-order chi connectivity index (χ1) is 10.3. The fraction of sp³-hybridized carbons (Fsp3) is 0.529. The van der Waals surface area contributed by atoms with Gasteiger partial charge < -0.3 is 0 Å². The highest BCUT2D eigenvalue weighted by Gasteiger charge is 2.24. The van der Waals surface area contributed by atoms with E-state index in [0.29, 0.717) is 6.04 Å². The fourth-order valence-corrected chi connectivity index (χ4v) is 3.21. The highest BCUT2D eigenvalue weighted by Crippen LogP contribution is 2.23. The second kappa shape index (κ2) is 6.85. The van der Waals surface area contributed by atoms with Crippen LogP contribution in [0.4, 0.5) is 0 Å². The first-order valence-corrected chi connectivity index (χ1v) is 7.99. The molecule has 2 aromatic rings. The zero-order chi connectivity index (χ0) is 14.5. The number of aromatic nitrogens is 3. The minimum absolute atomic E-state index is 0.711. The first-order valence-electron chi connectivity index (χ1n) is 7.99. The molecule has 4 nitrogen and oxygen atoms in total. The van der Waals surface area contributed by atoms with Crippen molar-refractivity contribution in [3.05, 3.63) is 48.0 Å². The summed E-state index contributed by atoms with van der Waals surface area (Å²) in [5, 5.41) is 4.38. The molecule has 0 saturated carbocycles. The Morgan fingerprint density at radius 2 is 2.10 bits per heavy atom. The largest absolute Gasteiger partial charge is 0.296 e. The molecular formula is C17H24N4. The molecule has 1 aliphatic heterocycles. The van der Waals surface area contributed by atoms with Crippen molar-refractivity contribution in [2.45, 2.75) is 51.7 Å². The minimum Gasteiger partial charge on any atom is -0.296 e.